The van der Waals surface area contributed by atoms with Gasteiger partial charge in [0.05, 0.1) is 25.0 Å². The van der Waals surface area contributed by atoms with Crippen LogP contribution in [0.4, 0.5) is 0 Å². The van der Waals surface area contributed by atoms with Crippen LogP contribution in [0.25, 0.3) is 5.69 Å². The summed E-state index contributed by atoms with van der Waals surface area (Å²) in [6.07, 6.45) is 1.47. The lowest BCUT2D eigenvalue weighted by Crippen LogP contribution is -2.29. The van der Waals surface area contributed by atoms with E-state index in [9.17, 15) is 4.79 Å². The molecule has 0 bridgehead atoms. The molecular weight excluding hydrogens is 364 g/mol. The summed E-state index contributed by atoms with van der Waals surface area (Å²) >= 11 is 0. The number of hydrogen-bond acceptors (Lipinski definition) is 4. The van der Waals surface area contributed by atoms with Gasteiger partial charge in [0.15, 0.2) is 5.69 Å². The zero-order valence-corrected chi connectivity index (χ0v) is 15.9. The average Bonchev–Trinajstić information content (AvgIpc) is 3.29. The first-order valence-electron chi connectivity index (χ1n) is 9.22. The summed E-state index contributed by atoms with van der Waals surface area (Å²) in [7, 11) is 1.63. The molecule has 1 atom stereocenters. The summed E-state index contributed by atoms with van der Waals surface area (Å²) in [5, 5.41) is 11.6. The molecule has 29 heavy (non-hydrogen) atoms. The normalized spacial score (nSPS) is 11.6. The van der Waals surface area contributed by atoms with Gasteiger partial charge in [-0.15, -0.1) is 5.10 Å². The molecule has 6 nitrogen and oxygen atoms in total. The number of rotatable bonds is 6. The zero-order valence-electron chi connectivity index (χ0n) is 15.9. The summed E-state index contributed by atoms with van der Waals surface area (Å²) in [5.74, 6) is 0.467. The van der Waals surface area contributed by atoms with E-state index >= 15 is 0 Å². The number of carbonyl (C=O) groups excluding carboxylic acids is 1. The van der Waals surface area contributed by atoms with Crippen molar-refractivity contribution in [3.8, 4) is 11.4 Å². The molecule has 4 rings (SSSR count). The highest BCUT2D eigenvalue weighted by Gasteiger charge is 2.20. The van der Waals surface area contributed by atoms with Crippen molar-refractivity contribution in [1.29, 1.82) is 0 Å². The minimum absolute atomic E-state index is 0.253. The van der Waals surface area contributed by atoms with Crippen molar-refractivity contribution in [2.75, 3.05) is 7.11 Å². The Morgan fingerprint density at radius 3 is 2.17 bits per heavy atom. The summed E-state index contributed by atoms with van der Waals surface area (Å²) in [4.78, 5) is 14.4. The number of carbonyl (C=O) groups is 1. The Kier molecular flexibility index (Phi) is 5.33. The van der Waals surface area contributed by atoms with Gasteiger partial charge < -0.3 is 10.1 Å². The maximum absolute atomic E-state index is 12.9. The molecule has 0 aliphatic heterocycles. The van der Waals surface area contributed by atoms with E-state index in [0.29, 0.717) is 0 Å². The molecule has 0 spiro atoms. The number of nitrogens with zero attached hydrogens (tertiary/aromatic N) is 3. The van der Waals surface area contributed by atoms with Gasteiger partial charge >= 0.3 is 0 Å². The summed E-state index contributed by atoms with van der Waals surface area (Å²) in [6, 6.07) is 26.6. The number of nitrogens with one attached hydrogen (secondary N) is 1. The van der Waals surface area contributed by atoms with Crippen LogP contribution in [-0.2, 0) is 0 Å². The Morgan fingerprint density at radius 1 is 0.897 bits per heavy atom. The van der Waals surface area contributed by atoms with Crippen LogP contribution in [0, 0.1) is 0 Å². The molecule has 0 saturated carbocycles. The Labute approximate surface area is 168 Å². The highest BCUT2D eigenvalue weighted by Crippen LogP contribution is 2.24. The lowest BCUT2D eigenvalue weighted by atomic mass is 9.98. The minimum atomic E-state index is -0.323. The van der Waals surface area contributed by atoms with E-state index < -0.39 is 0 Å². The fourth-order valence-corrected chi connectivity index (χ4v) is 3.06. The van der Waals surface area contributed by atoms with Crippen molar-refractivity contribution in [2.45, 2.75) is 6.04 Å². The van der Waals surface area contributed by atoms with Crippen LogP contribution in [0.2, 0.25) is 0 Å². The Morgan fingerprint density at radius 2 is 1.52 bits per heavy atom. The molecule has 6 heteroatoms. The molecule has 1 unspecified atom stereocenters. The van der Waals surface area contributed by atoms with Crippen molar-refractivity contribution < 1.29 is 9.53 Å². The highest BCUT2D eigenvalue weighted by molar-refractivity contribution is 5.92. The van der Waals surface area contributed by atoms with Gasteiger partial charge in [0.25, 0.3) is 5.91 Å². The first-order valence-corrected chi connectivity index (χ1v) is 9.22. The lowest BCUT2D eigenvalue weighted by Gasteiger charge is -2.19. The standard InChI is InChI=1S/C23H20N4O2/c1-29-20-14-12-18(13-15-20)22(17-8-4-2-5-9-17)25-23(28)21-16-24-27(26-21)19-10-6-3-7-11-19/h2-16,22H,1H3,(H,25,28). The maximum atomic E-state index is 12.9. The number of benzene rings is 3. The van der Waals surface area contributed by atoms with Gasteiger partial charge in [0.1, 0.15) is 5.75 Å². The second-order valence-electron chi connectivity index (χ2n) is 6.45. The second kappa shape index (κ2) is 8.39. The summed E-state index contributed by atoms with van der Waals surface area (Å²) < 4.78 is 5.24. The molecule has 144 valence electrons. The third kappa shape index (κ3) is 4.16. The molecule has 4 aromatic rings. The van der Waals surface area contributed by atoms with E-state index in [-0.39, 0.29) is 17.6 Å². The molecule has 0 fully saturated rings. The lowest BCUT2D eigenvalue weighted by molar-refractivity contribution is 0.0937. The SMILES string of the molecule is COc1ccc(C(NC(=O)c2cnn(-c3ccccc3)n2)c2ccccc2)cc1. The van der Waals surface area contributed by atoms with E-state index in [2.05, 4.69) is 15.5 Å². The minimum Gasteiger partial charge on any atom is -0.497 e. The zero-order chi connectivity index (χ0) is 20.1. The van der Waals surface area contributed by atoms with Gasteiger partial charge in [0, 0.05) is 0 Å². The van der Waals surface area contributed by atoms with Crippen molar-refractivity contribution in [1.82, 2.24) is 20.3 Å². The molecular formula is C23H20N4O2. The Balaban J connectivity index is 1.60. The molecule has 1 aromatic heterocycles. The summed E-state index contributed by atoms with van der Waals surface area (Å²) in [5.41, 5.74) is 2.96. The molecule has 3 aromatic carbocycles. The third-order valence-electron chi connectivity index (χ3n) is 4.57. The van der Waals surface area contributed by atoms with Crippen LogP contribution in [0.5, 0.6) is 5.75 Å². The smallest absolute Gasteiger partial charge is 0.274 e. The van der Waals surface area contributed by atoms with Crippen LogP contribution in [0.15, 0.2) is 91.1 Å². The van der Waals surface area contributed by atoms with Gasteiger partial charge in [0.2, 0.25) is 0 Å². The first kappa shape index (κ1) is 18.4. The number of methoxy groups -OCH3 is 1. The van der Waals surface area contributed by atoms with Crippen LogP contribution < -0.4 is 10.1 Å². The van der Waals surface area contributed by atoms with Crippen molar-refractivity contribution >= 4 is 5.91 Å². The predicted octanol–water partition coefficient (Wildman–Crippen LogP) is 3.80. The van der Waals surface area contributed by atoms with Gasteiger partial charge in [-0.2, -0.15) is 9.90 Å². The van der Waals surface area contributed by atoms with Gasteiger partial charge in [-0.1, -0.05) is 60.7 Å². The van der Waals surface area contributed by atoms with Crippen LogP contribution >= 0.6 is 0 Å². The van der Waals surface area contributed by atoms with E-state index in [0.717, 1.165) is 22.6 Å². The van der Waals surface area contributed by atoms with E-state index in [1.807, 2.05) is 84.9 Å². The number of ether oxygens (including phenoxy) is 1. The topological polar surface area (TPSA) is 69.0 Å². The Hall–Kier alpha value is -3.93. The van der Waals surface area contributed by atoms with Gasteiger partial charge in [-0.3, -0.25) is 4.79 Å². The molecule has 1 amide bonds. The molecule has 1 heterocycles. The maximum Gasteiger partial charge on any atom is 0.274 e. The molecule has 0 radical (unpaired) electrons. The number of para-hydroxylation sites is 1. The number of amides is 1. The molecule has 1 N–H and O–H groups in total. The van der Waals surface area contributed by atoms with Crippen molar-refractivity contribution in [2.24, 2.45) is 0 Å². The molecule has 0 aliphatic rings. The first-order chi connectivity index (χ1) is 14.2. The van der Waals surface area contributed by atoms with Crippen LogP contribution in [0.3, 0.4) is 0 Å². The van der Waals surface area contributed by atoms with E-state index in [1.165, 1.54) is 11.0 Å². The largest absolute Gasteiger partial charge is 0.497 e. The monoisotopic (exact) mass is 384 g/mol. The highest BCUT2D eigenvalue weighted by atomic mass is 16.5. The van der Waals surface area contributed by atoms with Crippen LogP contribution in [-0.4, -0.2) is 28.0 Å². The van der Waals surface area contributed by atoms with Crippen LogP contribution in [0.1, 0.15) is 27.7 Å². The third-order valence-corrected chi connectivity index (χ3v) is 4.57. The number of aromatic nitrogens is 3. The van der Waals surface area contributed by atoms with E-state index in [4.69, 9.17) is 4.74 Å². The second-order valence-corrected chi connectivity index (χ2v) is 6.45. The quantitative estimate of drug-likeness (QED) is 0.549. The van der Waals surface area contributed by atoms with Gasteiger partial charge in [-0.25, -0.2) is 0 Å². The van der Waals surface area contributed by atoms with Gasteiger partial charge in [-0.05, 0) is 35.4 Å². The fourth-order valence-electron chi connectivity index (χ4n) is 3.06. The fraction of sp³-hybridized carbons (Fsp3) is 0.0870. The average molecular weight is 384 g/mol. The van der Waals surface area contributed by atoms with Crippen molar-refractivity contribution in [3.63, 3.8) is 0 Å². The molecule has 0 aliphatic carbocycles. The molecule has 0 saturated heterocycles. The predicted molar refractivity (Wildman–Crippen MR) is 110 cm³/mol. The van der Waals surface area contributed by atoms with E-state index in [1.54, 1.807) is 7.11 Å². The number of hydrogen-bond donors (Lipinski definition) is 1. The van der Waals surface area contributed by atoms with Crippen molar-refractivity contribution in [3.05, 3.63) is 108 Å². The summed E-state index contributed by atoms with van der Waals surface area (Å²) in [6.45, 7) is 0. The Bertz CT molecular complexity index is 1080.